The van der Waals surface area contributed by atoms with Gasteiger partial charge in [-0.15, -0.1) is 0 Å². The van der Waals surface area contributed by atoms with Gasteiger partial charge in [0.05, 0.1) is 6.10 Å². The van der Waals surface area contributed by atoms with Crippen molar-refractivity contribution < 1.29 is 4.74 Å². The summed E-state index contributed by atoms with van der Waals surface area (Å²) in [6, 6.07) is 0. The maximum absolute atomic E-state index is 6.06. The first kappa shape index (κ1) is 9.97. The molecule has 0 bridgehead atoms. The number of fused-ring (bicyclic) bond motifs is 1. The van der Waals surface area contributed by atoms with Gasteiger partial charge in [0.25, 0.3) is 0 Å². The maximum atomic E-state index is 6.06. The Morgan fingerprint density at radius 3 is 2.79 bits per heavy atom. The highest BCUT2D eigenvalue weighted by molar-refractivity contribution is 5.35. The summed E-state index contributed by atoms with van der Waals surface area (Å²) in [7, 11) is 0. The summed E-state index contributed by atoms with van der Waals surface area (Å²) in [5.41, 5.74) is 1.59. The summed E-state index contributed by atoms with van der Waals surface area (Å²) in [4.78, 5) is 0. The van der Waals surface area contributed by atoms with Crippen molar-refractivity contribution in [2.75, 3.05) is 0 Å². The summed E-state index contributed by atoms with van der Waals surface area (Å²) in [6.45, 7) is 8.94. The fourth-order valence-corrected chi connectivity index (χ4v) is 2.78. The highest BCUT2D eigenvalue weighted by Crippen LogP contribution is 2.46. The molecular formula is C13H20O. The van der Waals surface area contributed by atoms with Crippen molar-refractivity contribution in [1.82, 2.24) is 0 Å². The molecule has 0 saturated carbocycles. The summed E-state index contributed by atoms with van der Waals surface area (Å²) in [5, 5.41) is 0. The molecule has 0 fully saturated rings. The van der Waals surface area contributed by atoms with E-state index in [4.69, 9.17) is 4.74 Å². The molecule has 0 aromatic carbocycles. The Labute approximate surface area is 86.8 Å². The molecule has 0 aromatic heterocycles. The number of rotatable bonds is 0. The summed E-state index contributed by atoms with van der Waals surface area (Å²) >= 11 is 0. The largest absolute Gasteiger partial charge is 0.364 e. The minimum Gasteiger partial charge on any atom is -0.364 e. The highest BCUT2D eigenvalue weighted by Gasteiger charge is 2.42. The molecule has 0 amide bonds. The highest BCUT2D eigenvalue weighted by atomic mass is 16.5. The van der Waals surface area contributed by atoms with E-state index in [1.54, 1.807) is 0 Å². The van der Waals surface area contributed by atoms with Gasteiger partial charge in [-0.25, -0.2) is 0 Å². The zero-order valence-electron chi connectivity index (χ0n) is 9.63. The molecule has 14 heavy (non-hydrogen) atoms. The third-order valence-electron chi connectivity index (χ3n) is 3.43. The number of hydrogen-bond donors (Lipinski definition) is 0. The van der Waals surface area contributed by atoms with Crippen LogP contribution in [0.15, 0.2) is 23.8 Å². The minimum atomic E-state index is -0.139. The van der Waals surface area contributed by atoms with Crippen LogP contribution in [-0.2, 0) is 4.74 Å². The average molecular weight is 192 g/mol. The summed E-state index contributed by atoms with van der Waals surface area (Å²) in [5.74, 6) is 0. The molecule has 0 spiro atoms. The molecule has 1 aliphatic heterocycles. The Morgan fingerprint density at radius 1 is 1.36 bits per heavy atom. The van der Waals surface area contributed by atoms with Gasteiger partial charge in [-0.3, -0.25) is 0 Å². The van der Waals surface area contributed by atoms with Crippen LogP contribution in [0.25, 0.3) is 0 Å². The van der Waals surface area contributed by atoms with Gasteiger partial charge < -0.3 is 4.74 Å². The normalized spacial score (nSPS) is 40.3. The second-order valence-electron chi connectivity index (χ2n) is 5.38. The van der Waals surface area contributed by atoms with Crippen molar-refractivity contribution in [3.63, 3.8) is 0 Å². The third-order valence-corrected chi connectivity index (χ3v) is 3.43. The van der Waals surface area contributed by atoms with E-state index in [1.807, 2.05) is 0 Å². The van der Waals surface area contributed by atoms with Crippen LogP contribution in [0.1, 0.15) is 40.5 Å². The number of allylic oxidation sites excluding steroid dienone is 1. The molecule has 1 heterocycles. The lowest BCUT2D eigenvalue weighted by atomic mass is 9.68. The maximum Gasteiger partial charge on any atom is 0.105 e. The zero-order chi connectivity index (χ0) is 10.4. The van der Waals surface area contributed by atoms with Crippen LogP contribution in [0, 0.1) is 5.41 Å². The Bertz CT molecular complexity index is 298. The fraction of sp³-hybridized carbons (Fsp3) is 0.692. The smallest absolute Gasteiger partial charge is 0.105 e. The first-order valence-corrected chi connectivity index (χ1v) is 5.51. The van der Waals surface area contributed by atoms with Crippen LogP contribution in [0.5, 0.6) is 0 Å². The second-order valence-corrected chi connectivity index (χ2v) is 5.38. The van der Waals surface area contributed by atoms with Crippen molar-refractivity contribution in [3.8, 4) is 0 Å². The van der Waals surface area contributed by atoms with Crippen molar-refractivity contribution in [2.45, 2.75) is 52.2 Å². The van der Waals surface area contributed by atoms with Gasteiger partial charge in [-0.1, -0.05) is 32.1 Å². The van der Waals surface area contributed by atoms with Gasteiger partial charge in [0.2, 0.25) is 0 Å². The number of hydrogen-bond acceptors (Lipinski definition) is 1. The standard InChI is InChI=1S/C13H20O/c1-10-6-7-11-12(2,3)8-5-9-13(11,4)14-10/h5,7,9-10H,6,8H2,1-4H3/t10-,13-/m1/s1. The average Bonchev–Trinajstić information content (AvgIpc) is 2.00. The Morgan fingerprint density at radius 2 is 2.07 bits per heavy atom. The van der Waals surface area contributed by atoms with Crippen molar-refractivity contribution >= 4 is 0 Å². The lowest BCUT2D eigenvalue weighted by Crippen LogP contribution is -2.43. The van der Waals surface area contributed by atoms with Gasteiger partial charge in [0.15, 0.2) is 0 Å². The number of ether oxygens (including phenoxy) is 1. The topological polar surface area (TPSA) is 9.23 Å². The van der Waals surface area contributed by atoms with Crippen LogP contribution in [0.2, 0.25) is 0 Å². The van der Waals surface area contributed by atoms with E-state index >= 15 is 0 Å². The molecule has 1 heteroatoms. The van der Waals surface area contributed by atoms with Crippen LogP contribution < -0.4 is 0 Å². The first-order chi connectivity index (χ1) is 6.44. The van der Waals surface area contributed by atoms with Crippen molar-refractivity contribution in [1.29, 1.82) is 0 Å². The first-order valence-electron chi connectivity index (χ1n) is 5.51. The van der Waals surface area contributed by atoms with E-state index in [9.17, 15) is 0 Å². The predicted octanol–water partition coefficient (Wildman–Crippen LogP) is 3.47. The van der Waals surface area contributed by atoms with Crippen LogP contribution in [0.3, 0.4) is 0 Å². The van der Waals surface area contributed by atoms with E-state index in [2.05, 4.69) is 45.9 Å². The van der Waals surface area contributed by atoms with E-state index in [1.165, 1.54) is 5.57 Å². The molecule has 0 aromatic rings. The SMILES string of the molecule is C[C@@H]1CC=C2C(C)(C)CC=C[C@@]2(C)O1. The lowest BCUT2D eigenvalue weighted by molar-refractivity contribution is -0.0433. The van der Waals surface area contributed by atoms with E-state index in [0.29, 0.717) is 6.10 Å². The molecule has 2 rings (SSSR count). The molecule has 2 atom stereocenters. The van der Waals surface area contributed by atoms with Gasteiger partial charge in [0.1, 0.15) is 5.60 Å². The molecule has 0 unspecified atom stereocenters. The third kappa shape index (κ3) is 1.44. The molecule has 0 N–H and O–H groups in total. The Hall–Kier alpha value is -0.560. The molecule has 78 valence electrons. The van der Waals surface area contributed by atoms with Crippen molar-refractivity contribution in [2.24, 2.45) is 5.41 Å². The summed E-state index contributed by atoms with van der Waals surface area (Å²) in [6.07, 6.45) is 9.41. The van der Waals surface area contributed by atoms with Crippen LogP contribution in [0.4, 0.5) is 0 Å². The predicted molar refractivity (Wildman–Crippen MR) is 59.2 cm³/mol. The monoisotopic (exact) mass is 192 g/mol. The fourth-order valence-electron chi connectivity index (χ4n) is 2.78. The summed E-state index contributed by atoms with van der Waals surface area (Å²) < 4.78 is 6.06. The van der Waals surface area contributed by atoms with Gasteiger partial charge in [-0.05, 0) is 37.7 Å². The van der Waals surface area contributed by atoms with Gasteiger partial charge >= 0.3 is 0 Å². The second kappa shape index (κ2) is 2.96. The van der Waals surface area contributed by atoms with E-state index in [-0.39, 0.29) is 11.0 Å². The zero-order valence-corrected chi connectivity index (χ0v) is 9.63. The van der Waals surface area contributed by atoms with Crippen molar-refractivity contribution in [3.05, 3.63) is 23.8 Å². The van der Waals surface area contributed by atoms with E-state index < -0.39 is 0 Å². The lowest BCUT2D eigenvalue weighted by Gasteiger charge is -2.46. The van der Waals surface area contributed by atoms with Crippen LogP contribution >= 0.6 is 0 Å². The van der Waals surface area contributed by atoms with Gasteiger partial charge in [0, 0.05) is 0 Å². The molecule has 0 saturated heterocycles. The minimum absolute atomic E-state index is 0.139. The molecule has 1 nitrogen and oxygen atoms in total. The quantitative estimate of drug-likeness (QED) is 0.534. The van der Waals surface area contributed by atoms with Crippen LogP contribution in [-0.4, -0.2) is 11.7 Å². The Balaban J connectivity index is 2.43. The Kier molecular flexibility index (Phi) is 2.11. The van der Waals surface area contributed by atoms with E-state index in [0.717, 1.165) is 12.8 Å². The molecule has 1 aliphatic carbocycles. The molecule has 0 radical (unpaired) electrons. The molecule has 2 aliphatic rings. The van der Waals surface area contributed by atoms with Gasteiger partial charge in [-0.2, -0.15) is 0 Å². The molecular weight excluding hydrogens is 172 g/mol.